The van der Waals surface area contributed by atoms with Crippen molar-refractivity contribution in [1.82, 2.24) is 9.21 Å². The molecule has 1 fully saturated rings. The Morgan fingerprint density at radius 2 is 2.00 bits per heavy atom. The highest BCUT2D eigenvalue weighted by Crippen LogP contribution is 2.26. The molecule has 0 N–H and O–H groups in total. The molecule has 1 aliphatic heterocycles. The molecule has 0 amide bonds. The van der Waals surface area contributed by atoms with E-state index in [2.05, 4.69) is 0 Å². The van der Waals surface area contributed by atoms with Gasteiger partial charge in [0.25, 0.3) is 0 Å². The Kier molecular flexibility index (Phi) is 4.87. The van der Waals surface area contributed by atoms with Crippen LogP contribution >= 0.6 is 11.6 Å². The first-order valence-electron chi connectivity index (χ1n) is 6.51. The zero-order chi connectivity index (χ0) is 15.8. The molecule has 1 saturated heterocycles. The average molecular weight is 339 g/mol. The zero-order valence-corrected chi connectivity index (χ0v) is 13.4. The normalized spacial score (nSPS) is 21.7. The van der Waals surface area contributed by atoms with Crippen LogP contribution in [0.3, 0.4) is 0 Å². The van der Waals surface area contributed by atoms with Gasteiger partial charge in [0.15, 0.2) is 11.6 Å². The molecule has 0 bridgehead atoms. The van der Waals surface area contributed by atoms with E-state index in [1.165, 1.54) is 4.31 Å². The lowest BCUT2D eigenvalue weighted by Gasteiger charge is -2.37. The summed E-state index contributed by atoms with van der Waals surface area (Å²) in [7, 11) is -2.20. The minimum atomic E-state index is -4.09. The summed E-state index contributed by atoms with van der Waals surface area (Å²) in [5.74, 6) is -2.64. The molecule has 1 heterocycles. The Balaban J connectivity index is 2.47. The van der Waals surface area contributed by atoms with Crippen molar-refractivity contribution in [3.8, 4) is 0 Å². The molecule has 118 valence electrons. The van der Waals surface area contributed by atoms with Crippen molar-refractivity contribution in [2.75, 3.05) is 26.7 Å². The summed E-state index contributed by atoms with van der Waals surface area (Å²) in [6.07, 6.45) is 0. The topological polar surface area (TPSA) is 40.6 Å². The molecular weight excluding hydrogens is 322 g/mol. The van der Waals surface area contributed by atoms with E-state index in [-0.39, 0.29) is 24.0 Å². The van der Waals surface area contributed by atoms with Crippen LogP contribution in [0.15, 0.2) is 17.0 Å². The first kappa shape index (κ1) is 16.6. The van der Waals surface area contributed by atoms with Gasteiger partial charge in [0.05, 0.1) is 0 Å². The Morgan fingerprint density at radius 1 is 1.33 bits per heavy atom. The number of hydrogen-bond acceptors (Lipinski definition) is 3. The Labute approximate surface area is 128 Å². The molecule has 0 saturated carbocycles. The van der Waals surface area contributed by atoms with Crippen molar-refractivity contribution < 1.29 is 17.2 Å². The standard InChI is InChI=1S/C13H17ClF2N2O2S/c1-9-8-17(2)3-4-18(9)21(19,20)12-6-10(7-14)5-11(15)13(12)16/h5-6,9H,3-4,7-8H2,1-2H3. The van der Waals surface area contributed by atoms with Crippen LogP contribution in [0, 0.1) is 11.6 Å². The van der Waals surface area contributed by atoms with Crippen LogP contribution in [-0.4, -0.2) is 50.3 Å². The summed E-state index contributed by atoms with van der Waals surface area (Å²) >= 11 is 5.60. The predicted molar refractivity (Wildman–Crippen MR) is 76.8 cm³/mol. The van der Waals surface area contributed by atoms with Gasteiger partial charge in [-0.2, -0.15) is 4.31 Å². The van der Waals surface area contributed by atoms with Crippen LogP contribution in [0.25, 0.3) is 0 Å². The summed E-state index contributed by atoms with van der Waals surface area (Å²) in [6, 6.07) is 1.71. The summed E-state index contributed by atoms with van der Waals surface area (Å²) < 4.78 is 53.9. The molecule has 8 heteroatoms. The quantitative estimate of drug-likeness (QED) is 0.792. The fourth-order valence-electron chi connectivity index (χ4n) is 2.49. The molecule has 0 aromatic heterocycles. The van der Waals surface area contributed by atoms with Gasteiger partial charge in [-0.25, -0.2) is 17.2 Å². The lowest BCUT2D eigenvalue weighted by atomic mass is 10.2. The highest BCUT2D eigenvalue weighted by Gasteiger charge is 2.35. The second kappa shape index (κ2) is 6.16. The van der Waals surface area contributed by atoms with E-state index in [4.69, 9.17) is 11.6 Å². The van der Waals surface area contributed by atoms with Crippen molar-refractivity contribution in [2.24, 2.45) is 0 Å². The van der Waals surface area contributed by atoms with E-state index in [0.717, 1.165) is 12.1 Å². The maximum Gasteiger partial charge on any atom is 0.246 e. The molecule has 4 nitrogen and oxygen atoms in total. The molecule has 2 rings (SSSR count). The van der Waals surface area contributed by atoms with Crippen LogP contribution in [0.2, 0.25) is 0 Å². The number of nitrogens with zero attached hydrogens (tertiary/aromatic N) is 2. The van der Waals surface area contributed by atoms with Crippen molar-refractivity contribution in [3.05, 3.63) is 29.3 Å². The first-order valence-corrected chi connectivity index (χ1v) is 8.49. The molecule has 1 aromatic carbocycles. The van der Waals surface area contributed by atoms with Crippen LogP contribution < -0.4 is 0 Å². The number of sulfonamides is 1. The molecule has 21 heavy (non-hydrogen) atoms. The van der Waals surface area contributed by atoms with Gasteiger partial charge in [0.1, 0.15) is 4.90 Å². The number of likely N-dealkylation sites (N-methyl/N-ethyl adjacent to an activating group) is 1. The van der Waals surface area contributed by atoms with Crippen LogP contribution in [0.1, 0.15) is 12.5 Å². The molecule has 0 aliphatic carbocycles. The van der Waals surface area contributed by atoms with Crippen molar-refractivity contribution >= 4 is 21.6 Å². The summed E-state index contributed by atoms with van der Waals surface area (Å²) in [4.78, 5) is 1.34. The maximum atomic E-state index is 13.9. The number of piperazine rings is 1. The van der Waals surface area contributed by atoms with Gasteiger partial charge >= 0.3 is 0 Å². The van der Waals surface area contributed by atoms with Gasteiger partial charge in [-0.3, -0.25) is 0 Å². The van der Waals surface area contributed by atoms with E-state index >= 15 is 0 Å². The SMILES string of the molecule is CC1CN(C)CCN1S(=O)(=O)c1cc(CCl)cc(F)c1F. The summed E-state index contributed by atoms with van der Waals surface area (Å²) in [5, 5.41) is 0. The molecule has 0 spiro atoms. The third kappa shape index (κ3) is 3.21. The highest BCUT2D eigenvalue weighted by molar-refractivity contribution is 7.89. The number of alkyl halides is 1. The number of rotatable bonds is 3. The maximum absolute atomic E-state index is 13.9. The van der Waals surface area contributed by atoms with Gasteiger partial charge < -0.3 is 4.90 Å². The second-order valence-corrected chi connectivity index (χ2v) is 7.38. The molecular formula is C13H17ClF2N2O2S. The van der Waals surface area contributed by atoms with E-state index in [1.807, 2.05) is 11.9 Å². The predicted octanol–water partition coefficient (Wildman–Crippen LogP) is 2.03. The van der Waals surface area contributed by atoms with Gasteiger partial charge in [-0.15, -0.1) is 11.6 Å². The van der Waals surface area contributed by atoms with E-state index in [9.17, 15) is 17.2 Å². The third-order valence-corrected chi connectivity index (χ3v) is 5.89. The van der Waals surface area contributed by atoms with Crippen LogP contribution in [-0.2, 0) is 15.9 Å². The van der Waals surface area contributed by atoms with Crippen LogP contribution in [0.5, 0.6) is 0 Å². The summed E-state index contributed by atoms with van der Waals surface area (Å²) in [6.45, 7) is 3.07. The fraction of sp³-hybridized carbons (Fsp3) is 0.538. The smallest absolute Gasteiger partial charge is 0.246 e. The third-order valence-electron chi connectivity index (χ3n) is 3.57. The minimum absolute atomic E-state index is 0.0853. The average Bonchev–Trinajstić information content (AvgIpc) is 2.40. The minimum Gasteiger partial charge on any atom is -0.303 e. The molecule has 1 aromatic rings. The van der Waals surface area contributed by atoms with E-state index in [1.54, 1.807) is 6.92 Å². The van der Waals surface area contributed by atoms with Gasteiger partial charge in [-0.1, -0.05) is 0 Å². The monoisotopic (exact) mass is 338 g/mol. The lowest BCUT2D eigenvalue weighted by Crippen LogP contribution is -2.52. The van der Waals surface area contributed by atoms with Crippen molar-refractivity contribution in [1.29, 1.82) is 0 Å². The van der Waals surface area contributed by atoms with Gasteiger partial charge in [-0.05, 0) is 31.7 Å². The summed E-state index contributed by atoms with van der Waals surface area (Å²) in [5.41, 5.74) is 0.232. The number of benzene rings is 1. The van der Waals surface area contributed by atoms with Gasteiger partial charge in [0, 0.05) is 31.6 Å². The Hall–Kier alpha value is -0.760. The largest absolute Gasteiger partial charge is 0.303 e. The molecule has 0 radical (unpaired) electrons. The van der Waals surface area contributed by atoms with Crippen LogP contribution in [0.4, 0.5) is 8.78 Å². The Morgan fingerprint density at radius 3 is 2.57 bits per heavy atom. The van der Waals surface area contributed by atoms with E-state index in [0.29, 0.717) is 13.1 Å². The first-order chi connectivity index (χ1) is 9.77. The number of hydrogen-bond donors (Lipinski definition) is 0. The molecule has 1 unspecified atom stereocenters. The molecule has 1 atom stereocenters. The molecule has 1 aliphatic rings. The Bertz CT molecular complexity index is 639. The van der Waals surface area contributed by atoms with Crippen molar-refractivity contribution in [3.63, 3.8) is 0 Å². The number of halogens is 3. The van der Waals surface area contributed by atoms with E-state index < -0.39 is 26.6 Å². The highest BCUT2D eigenvalue weighted by atomic mass is 35.5. The lowest BCUT2D eigenvalue weighted by molar-refractivity contribution is 0.170. The second-order valence-electron chi connectivity index (χ2n) is 5.25. The van der Waals surface area contributed by atoms with Crippen molar-refractivity contribution in [2.45, 2.75) is 23.7 Å². The van der Waals surface area contributed by atoms with Gasteiger partial charge in [0.2, 0.25) is 10.0 Å². The zero-order valence-electron chi connectivity index (χ0n) is 11.8. The fourth-order valence-corrected chi connectivity index (χ4v) is 4.38.